The first-order valence-electron chi connectivity index (χ1n) is 6.52. The average molecular weight is 270 g/mol. The molecule has 5 heteroatoms. The van der Waals surface area contributed by atoms with Gasteiger partial charge in [-0.25, -0.2) is 0 Å². The van der Waals surface area contributed by atoms with Crippen molar-refractivity contribution >= 4 is 17.4 Å². The summed E-state index contributed by atoms with van der Waals surface area (Å²) in [6.45, 7) is 3.95. The summed E-state index contributed by atoms with van der Waals surface area (Å²) >= 11 is 6.11. The minimum atomic E-state index is -0.755. The lowest BCUT2D eigenvalue weighted by atomic mass is 9.78. The highest BCUT2D eigenvalue weighted by atomic mass is 35.5. The van der Waals surface area contributed by atoms with Crippen LogP contribution in [0.3, 0.4) is 0 Å². The van der Waals surface area contributed by atoms with Crippen LogP contribution in [0.25, 0.3) is 0 Å². The Morgan fingerprint density at radius 1 is 1.44 bits per heavy atom. The molecule has 0 aliphatic heterocycles. The third-order valence-corrected chi connectivity index (χ3v) is 3.93. The molecule has 1 saturated carbocycles. The van der Waals surface area contributed by atoms with E-state index in [-0.39, 0.29) is 11.8 Å². The molecule has 0 aromatic carbocycles. The Kier molecular flexibility index (Phi) is 3.78. The van der Waals surface area contributed by atoms with Crippen LogP contribution < -0.4 is 5.73 Å². The molecule has 1 aliphatic rings. The Balaban J connectivity index is 2.36. The van der Waals surface area contributed by atoms with Crippen LogP contribution in [0.5, 0.6) is 0 Å². The molecule has 2 rings (SSSR count). The molecule has 4 nitrogen and oxygen atoms in total. The van der Waals surface area contributed by atoms with Crippen molar-refractivity contribution in [3.8, 4) is 0 Å². The number of rotatable bonds is 3. The maximum atomic E-state index is 12.7. The van der Waals surface area contributed by atoms with Gasteiger partial charge < -0.3 is 5.73 Å². The van der Waals surface area contributed by atoms with Gasteiger partial charge in [-0.15, -0.1) is 0 Å². The summed E-state index contributed by atoms with van der Waals surface area (Å²) in [6, 6.07) is 0.101. The van der Waals surface area contributed by atoms with Gasteiger partial charge in [-0.05, 0) is 26.7 Å². The summed E-state index contributed by atoms with van der Waals surface area (Å²) in [4.78, 5) is 12.7. The molecule has 0 unspecified atom stereocenters. The number of nitrogens with zero attached hydrogens (tertiary/aromatic N) is 2. The third kappa shape index (κ3) is 2.31. The minimum absolute atomic E-state index is 0.0570. The van der Waals surface area contributed by atoms with Crippen LogP contribution in [0.15, 0.2) is 6.20 Å². The molecular formula is C13H20ClN3O. The quantitative estimate of drug-likeness (QED) is 0.858. The van der Waals surface area contributed by atoms with E-state index in [0.29, 0.717) is 10.7 Å². The summed E-state index contributed by atoms with van der Waals surface area (Å²) in [5, 5.41) is 4.58. The maximum absolute atomic E-state index is 12.7. The molecule has 0 spiro atoms. The lowest BCUT2D eigenvalue weighted by Gasteiger charge is -2.32. The summed E-state index contributed by atoms with van der Waals surface area (Å²) in [5.41, 5.74) is 6.00. The molecule has 2 N–H and O–H groups in total. The fourth-order valence-electron chi connectivity index (χ4n) is 2.59. The van der Waals surface area contributed by atoms with E-state index >= 15 is 0 Å². The van der Waals surface area contributed by atoms with Crippen LogP contribution in [0.2, 0.25) is 5.02 Å². The molecule has 0 bridgehead atoms. The lowest BCUT2D eigenvalue weighted by Crippen LogP contribution is -2.50. The van der Waals surface area contributed by atoms with Crippen LogP contribution in [-0.4, -0.2) is 21.1 Å². The van der Waals surface area contributed by atoms with Gasteiger partial charge in [0, 0.05) is 6.04 Å². The first kappa shape index (κ1) is 13.6. The molecule has 0 saturated heterocycles. The number of carbonyl (C=O) groups excluding carboxylic acids is 1. The Morgan fingerprint density at radius 2 is 2.06 bits per heavy atom. The standard InChI is InChI=1S/C13H20ClN3O/c1-9(2)17-11(10(14)8-16-17)12(18)13(15)6-4-3-5-7-13/h8-9H,3-7,15H2,1-2H3. The van der Waals surface area contributed by atoms with Crippen molar-refractivity contribution in [3.05, 3.63) is 16.9 Å². The number of hydrogen-bond acceptors (Lipinski definition) is 3. The molecule has 1 aromatic rings. The van der Waals surface area contributed by atoms with E-state index in [1.165, 1.54) is 6.20 Å². The van der Waals surface area contributed by atoms with Gasteiger partial charge in [-0.3, -0.25) is 9.48 Å². The van der Waals surface area contributed by atoms with Gasteiger partial charge in [0.05, 0.1) is 16.8 Å². The fourth-order valence-corrected chi connectivity index (χ4v) is 2.81. The first-order chi connectivity index (χ1) is 8.46. The monoisotopic (exact) mass is 269 g/mol. The minimum Gasteiger partial charge on any atom is -0.319 e. The molecule has 1 aliphatic carbocycles. The molecule has 18 heavy (non-hydrogen) atoms. The molecule has 1 heterocycles. The fraction of sp³-hybridized carbons (Fsp3) is 0.692. The zero-order chi connectivity index (χ0) is 13.3. The van der Waals surface area contributed by atoms with E-state index in [9.17, 15) is 4.79 Å². The topological polar surface area (TPSA) is 60.9 Å². The van der Waals surface area contributed by atoms with Gasteiger partial charge in [-0.2, -0.15) is 5.10 Å². The summed E-state index contributed by atoms with van der Waals surface area (Å²) in [6.07, 6.45) is 6.19. The Hall–Kier alpha value is -0.870. The van der Waals surface area contributed by atoms with Gasteiger partial charge in [-0.1, -0.05) is 30.9 Å². The first-order valence-corrected chi connectivity index (χ1v) is 6.90. The van der Waals surface area contributed by atoms with Crippen LogP contribution in [0.1, 0.15) is 62.5 Å². The van der Waals surface area contributed by atoms with Gasteiger partial charge >= 0.3 is 0 Å². The highest BCUT2D eigenvalue weighted by Gasteiger charge is 2.38. The van der Waals surface area contributed by atoms with Crippen molar-refractivity contribution < 1.29 is 4.79 Å². The zero-order valence-corrected chi connectivity index (χ0v) is 11.7. The number of aromatic nitrogens is 2. The molecule has 0 atom stereocenters. The Labute approximate surface area is 112 Å². The predicted octanol–water partition coefficient (Wildman–Crippen LogP) is 2.96. The van der Waals surface area contributed by atoms with E-state index in [1.54, 1.807) is 4.68 Å². The zero-order valence-electron chi connectivity index (χ0n) is 10.9. The van der Waals surface area contributed by atoms with E-state index < -0.39 is 5.54 Å². The maximum Gasteiger partial charge on any atom is 0.202 e. The number of ketones is 1. The molecule has 0 radical (unpaired) electrons. The smallest absolute Gasteiger partial charge is 0.202 e. The van der Waals surface area contributed by atoms with Crippen molar-refractivity contribution in [2.24, 2.45) is 5.73 Å². The van der Waals surface area contributed by atoms with Crippen molar-refractivity contribution in [3.63, 3.8) is 0 Å². The highest BCUT2D eigenvalue weighted by Crippen LogP contribution is 2.31. The molecule has 1 aromatic heterocycles. The summed E-state index contributed by atoms with van der Waals surface area (Å²) < 4.78 is 1.67. The predicted molar refractivity (Wildman–Crippen MR) is 72.0 cm³/mol. The van der Waals surface area contributed by atoms with Crippen molar-refractivity contribution in [2.75, 3.05) is 0 Å². The largest absolute Gasteiger partial charge is 0.319 e. The second-order valence-corrected chi connectivity index (χ2v) is 5.83. The van der Waals surface area contributed by atoms with Crippen molar-refractivity contribution in [1.82, 2.24) is 9.78 Å². The number of hydrogen-bond donors (Lipinski definition) is 1. The van der Waals surface area contributed by atoms with Crippen molar-refractivity contribution in [2.45, 2.75) is 57.5 Å². The molecule has 1 fully saturated rings. The Morgan fingerprint density at radius 3 is 2.61 bits per heavy atom. The Bertz CT molecular complexity index is 447. The van der Waals surface area contributed by atoms with E-state index in [1.807, 2.05) is 13.8 Å². The SMILES string of the molecule is CC(C)n1ncc(Cl)c1C(=O)C1(N)CCCCC1. The van der Waals surface area contributed by atoms with E-state index in [2.05, 4.69) is 5.10 Å². The number of halogens is 1. The lowest BCUT2D eigenvalue weighted by molar-refractivity contribution is 0.0834. The third-order valence-electron chi connectivity index (χ3n) is 3.65. The molecule has 0 amide bonds. The van der Waals surface area contributed by atoms with Crippen LogP contribution >= 0.6 is 11.6 Å². The number of carbonyl (C=O) groups is 1. The van der Waals surface area contributed by atoms with E-state index in [4.69, 9.17) is 17.3 Å². The normalized spacial score (nSPS) is 19.2. The highest BCUT2D eigenvalue weighted by molar-refractivity contribution is 6.34. The summed E-state index contributed by atoms with van der Waals surface area (Å²) in [5.74, 6) is -0.0570. The second kappa shape index (κ2) is 5.02. The number of Topliss-reactive ketones (excluding diaryl/α,β-unsaturated/α-hetero) is 1. The van der Waals surface area contributed by atoms with Crippen molar-refractivity contribution in [1.29, 1.82) is 0 Å². The summed E-state index contributed by atoms with van der Waals surface area (Å²) in [7, 11) is 0. The van der Waals surface area contributed by atoms with Gasteiger partial charge in [0.2, 0.25) is 5.78 Å². The molecule has 100 valence electrons. The van der Waals surface area contributed by atoms with E-state index in [0.717, 1.165) is 32.1 Å². The second-order valence-electron chi connectivity index (χ2n) is 5.43. The number of nitrogens with two attached hydrogens (primary N) is 1. The van der Waals surface area contributed by atoms with Gasteiger partial charge in [0.15, 0.2) is 0 Å². The van der Waals surface area contributed by atoms with Gasteiger partial charge in [0.25, 0.3) is 0 Å². The molecular weight excluding hydrogens is 250 g/mol. The average Bonchev–Trinajstić information content (AvgIpc) is 2.71. The van der Waals surface area contributed by atoms with Crippen LogP contribution in [0.4, 0.5) is 0 Å². The van der Waals surface area contributed by atoms with Crippen LogP contribution in [-0.2, 0) is 0 Å². The van der Waals surface area contributed by atoms with Crippen LogP contribution in [0, 0.1) is 0 Å². The van der Waals surface area contributed by atoms with Gasteiger partial charge in [0.1, 0.15) is 5.69 Å².